The molecule has 16 heavy (non-hydrogen) atoms. The Balaban J connectivity index is 2.78. The number of hydrogen-bond donors (Lipinski definition) is 3. The summed E-state index contributed by atoms with van der Waals surface area (Å²) in [7, 11) is 0. The Hall–Kier alpha value is -1.17. The van der Waals surface area contributed by atoms with E-state index >= 15 is 0 Å². The predicted molar refractivity (Wildman–Crippen MR) is 55.6 cm³/mol. The zero-order valence-corrected chi connectivity index (χ0v) is 8.93. The lowest BCUT2D eigenvalue weighted by molar-refractivity contribution is 0.0523. The summed E-state index contributed by atoms with van der Waals surface area (Å²) < 4.78 is 18.1. The maximum Gasteiger partial charge on any atom is 0.125 e. The molecule has 0 fully saturated rings. The molecule has 5 heteroatoms. The minimum Gasteiger partial charge on any atom is -0.490 e. The first-order valence-electron chi connectivity index (χ1n) is 4.93. The summed E-state index contributed by atoms with van der Waals surface area (Å²) in [4.78, 5) is 0. The summed E-state index contributed by atoms with van der Waals surface area (Å²) in [6, 6.07) is 3.75. The molecular weight excluding hydrogens is 215 g/mol. The molecule has 90 valence electrons. The molecule has 0 heterocycles. The van der Waals surface area contributed by atoms with Crippen LogP contribution in [0.15, 0.2) is 18.2 Å². The molecule has 0 aromatic heterocycles. The molecule has 3 N–H and O–H groups in total. The van der Waals surface area contributed by atoms with Crippen LogP contribution in [0.4, 0.5) is 4.39 Å². The van der Waals surface area contributed by atoms with Crippen molar-refractivity contribution in [3.63, 3.8) is 0 Å². The quantitative estimate of drug-likeness (QED) is 0.693. The topological polar surface area (TPSA) is 69.9 Å². The van der Waals surface area contributed by atoms with E-state index in [1.807, 2.05) is 0 Å². The first-order chi connectivity index (χ1) is 7.54. The van der Waals surface area contributed by atoms with Crippen molar-refractivity contribution in [2.24, 2.45) is 0 Å². The molecule has 0 bridgehead atoms. The third-order valence-electron chi connectivity index (χ3n) is 2.06. The van der Waals surface area contributed by atoms with E-state index in [1.54, 1.807) is 0 Å². The van der Waals surface area contributed by atoms with Gasteiger partial charge in [0.1, 0.15) is 24.3 Å². The van der Waals surface area contributed by atoms with E-state index in [0.717, 1.165) is 0 Å². The molecule has 2 atom stereocenters. The lowest BCUT2D eigenvalue weighted by Crippen LogP contribution is -2.21. The van der Waals surface area contributed by atoms with Crippen LogP contribution in [-0.4, -0.2) is 34.6 Å². The molecule has 0 aliphatic heterocycles. The van der Waals surface area contributed by atoms with Crippen molar-refractivity contribution in [3.8, 4) is 5.75 Å². The molecule has 0 saturated heterocycles. The Kier molecular flexibility index (Phi) is 4.67. The summed E-state index contributed by atoms with van der Waals surface area (Å²) in [6.45, 7) is 0.969. The van der Waals surface area contributed by atoms with E-state index in [-0.39, 0.29) is 6.61 Å². The Labute approximate surface area is 92.9 Å². The molecule has 0 spiro atoms. The van der Waals surface area contributed by atoms with Crippen molar-refractivity contribution in [1.82, 2.24) is 0 Å². The van der Waals surface area contributed by atoms with Crippen LogP contribution in [-0.2, 0) is 0 Å². The third kappa shape index (κ3) is 3.44. The summed E-state index contributed by atoms with van der Waals surface area (Å²) in [5.74, 6) is -0.171. The van der Waals surface area contributed by atoms with Crippen LogP contribution >= 0.6 is 0 Å². The predicted octanol–water partition coefficient (Wildman–Crippen LogP) is 0.611. The summed E-state index contributed by atoms with van der Waals surface area (Å²) >= 11 is 0. The van der Waals surface area contributed by atoms with Gasteiger partial charge in [0.25, 0.3) is 0 Å². The molecule has 2 unspecified atom stereocenters. The number of rotatable bonds is 5. The summed E-state index contributed by atoms with van der Waals surface area (Å²) in [6.07, 6.45) is -1.86. The monoisotopic (exact) mass is 230 g/mol. The van der Waals surface area contributed by atoms with Crippen molar-refractivity contribution < 1.29 is 24.4 Å². The van der Waals surface area contributed by atoms with Crippen LogP contribution in [0, 0.1) is 5.82 Å². The first-order valence-corrected chi connectivity index (χ1v) is 4.93. The molecule has 0 amide bonds. The van der Waals surface area contributed by atoms with E-state index in [9.17, 15) is 9.50 Å². The molecule has 1 aromatic rings. The van der Waals surface area contributed by atoms with Gasteiger partial charge in [0.15, 0.2) is 0 Å². The minimum absolute atomic E-state index is 0.109. The molecule has 0 radical (unpaired) electrons. The van der Waals surface area contributed by atoms with E-state index in [2.05, 4.69) is 0 Å². The second kappa shape index (κ2) is 5.79. The largest absolute Gasteiger partial charge is 0.490 e. The van der Waals surface area contributed by atoms with Crippen molar-refractivity contribution >= 4 is 0 Å². The van der Waals surface area contributed by atoms with Crippen LogP contribution in [0.3, 0.4) is 0 Å². The fourth-order valence-electron chi connectivity index (χ4n) is 1.22. The van der Waals surface area contributed by atoms with Crippen LogP contribution in [0.1, 0.15) is 18.6 Å². The smallest absolute Gasteiger partial charge is 0.125 e. The number of benzene rings is 1. The van der Waals surface area contributed by atoms with Gasteiger partial charge in [-0.3, -0.25) is 0 Å². The van der Waals surface area contributed by atoms with Gasteiger partial charge in [-0.15, -0.1) is 0 Å². The van der Waals surface area contributed by atoms with Gasteiger partial charge in [0, 0.05) is 5.56 Å². The molecule has 4 nitrogen and oxygen atoms in total. The van der Waals surface area contributed by atoms with E-state index < -0.39 is 24.6 Å². The second-order valence-electron chi connectivity index (χ2n) is 3.51. The Bertz CT molecular complexity index is 341. The standard InChI is InChI=1S/C11H15FO4/c1-7(14)10-4-8(12)2-3-11(10)16-6-9(15)5-13/h2-4,7,9,13-15H,5-6H2,1H3. The van der Waals surface area contributed by atoms with Gasteiger partial charge in [-0.1, -0.05) is 0 Å². The SMILES string of the molecule is CC(O)c1cc(F)ccc1OCC(O)CO. The van der Waals surface area contributed by atoms with E-state index in [1.165, 1.54) is 25.1 Å². The van der Waals surface area contributed by atoms with Crippen molar-refractivity contribution in [1.29, 1.82) is 0 Å². The minimum atomic E-state index is -0.994. The van der Waals surface area contributed by atoms with Gasteiger partial charge in [-0.2, -0.15) is 0 Å². The van der Waals surface area contributed by atoms with Crippen molar-refractivity contribution in [3.05, 3.63) is 29.6 Å². The Morgan fingerprint density at radius 3 is 2.62 bits per heavy atom. The lowest BCUT2D eigenvalue weighted by Gasteiger charge is -2.15. The zero-order valence-electron chi connectivity index (χ0n) is 8.93. The summed E-state index contributed by atoms with van der Waals surface area (Å²) in [5, 5.41) is 27.1. The van der Waals surface area contributed by atoms with Gasteiger partial charge in [0.2, 0.25) is 0 Å². The Morgan fingerprint density at radius 2 is 2.06 bits per heavy atom. The molecule has 0 saturated carbocycles. The highest BCUT2D eigenvalue weighted by Gasteiger charge is 2.12. The maximum absolute atomic E-state index is 12.9. The fraction of sp³-hybridized carbons (Fsp3) is 0.455. The third-order valence-corrected chi connectivity index (χ3v) is 2.06. The van der Waals surface area contributed by atoms with Gasteiger partial charge in [-0.05, 0) is 25.1 Å². The number of ether oxygens (including phenoxy) is 1. The maximum atomic E-state index is 12.9. The van der Waals surface area contributed by atoms with Gasteiger partial charge < -0.3 is 20.1 Å². The van der Waals surface area contributed by atoms with Crippen LogP contribution < -0.4 is 4.74 Å². The molecule has 0 aliphatic rings. The van der Waals surface area contributed by atoms with E-state index in [0.29, 0.717) is 11.3 Å². The zero-order chi connectivity index (χ0) is 12.1. The van der Waals surface area contributed by atoms with Crippen LogP contribution in [0.25, 0.3) is 0 Å². The molecule has 1 rings (SSSR count). The number of hydrogen-bond acceptors (Lipinski definition) is 4. The van der Waals surface area contributed by atoms with Gasteiger partial charge in [-0.25, -0.2) is 4.39 Å². The van der Waals surface area contributed by atoms with Gasteiger partial charge >= 0.3 is 0 Å². The second-order valence-corrected chi connectivity index (χ2v) is 3.51. The van der Waals surface area contributed by atoms with Crippen molar-refractivity contribution in [2.45, 2.75) is 19.1 Å². The Morgan fingerprint density at radius 1 is 1.38 bits per heavy atom. The molecule has 1 aromatic carbocycles. The number of aliphatic hydroxyl groups is 3. The van der Waals surface area contributed by atoms with Gasteiger partial charge in [0.05, 0.1) is 12.7 Å². The highest BCUT2D eigenvalue weighted by Crippen LogP contribution is 2.25. The first kappa shape index (κ1) is 12.9. The van der Waals surface area contributed by atoms with E-state index in [4.69, 9.17) is 14.9 Å². The average Bonchev–Trinajstić information content (AvgIpc) is 2.26. The van der Waals surface area contributed by atoms with Crippen LogP contribution in [0.2, 0.25) is 0 Å². The summed E-state index contributed by atoms with van der Waals surface area (Å²) in [5.41, 5.74) is 0.310. The number of halogens is 1. The van der Waals surface area contributed by atoms with Crippen molar-refractivity contribution in [2.75, 3.05) is 13.2 Å². The highest BCUT2D eigenvalue weighted by atomic mass is 19.1. The molecular formula is C11H15FO4. The molecule has 0 aliphatic carbocycles. The normalized spacial score (nSPS) is 14.6. The fourth-order valence-corrected chi connectivity index (χ4v) is 1.22. The van der Waals surface area contributed by atoms with Crippen LogP contribution in [0.5, 0.6) is 5.75 Å². The highest BCUT2D eigenvalue weighted by molar-refractivity contribution is 5.35. The number of aliphatic hydroxyl groups excluding tert-OH is 3. The lowest BCUT2D eigenvalue weighted by atomic mass is 10.1. The average molecular weight is 230 g/mol.